The minimum atomic E-state index is -0.914. The van der Waals surface area contributed by atoms with E-state index in [4.69, 9.17) is 15.6 Å². The number of aliphatic carboxylic acids is 1. The molecule has 0 saturated carbocycles. The Morgan fingerprint density at radius 1 is 1.78 bits per heavy atom. The summed E-state index contributed by atoms with van der Waals surface area (Å²) in [7, 11) is 0. The van der Waals surface area contributed by atoms with Crippen molar-refractivity contribution in [3.63, 3.8) is 0 Å². The van der Waals surface area contributed by atoms with Crippen LogP contribution in [-0.4, -0.2) is 29.8 Å². The number of hydrogen-bond acceptors (Lipinski definition) is 3. The lowest BCUT2D eigenvalue weighted by molar-refractivity contribution is -0.147. The highest BCUT2D eigenvalue weighted by Gasteiger charge is 2.27. The molecule has 0 aromatic carbocycles. The second-order valence-electron chi connectivity index (χ2n) is 2.16. The molecule has 52 valence electrons. The molecule has 1 aliphatic heterocycles. The molecular formula is C5H9NO3. The lowest BCUT2D eigenvalue weighted by atomic mass is 10.2. The summed E-state index contributed by atoms with van der Waals surface area (Å²) in [5, 5.41) is 8.35. The Morgan fingerprint density at radius 3 is 2.67 bits per heavy atom. The number of carboxylic acid groups (broad SMARTS) is 1. The number of carbonyl (C=O) groups is 1. The maximum atomic E-state index is 10.2. The van der Waals surface area contributed by atoms with Gasteiger partial charge in [-0.15, -0.1) is 0 Å². The first-order chi connectivity index (χ1) is 4.20. The van der Waals surface area contributed by atoms with E-state index in [1.165, 1.54) is 0 Å². The normalized spacial score (nSPS) is 34.8. The van der Waals surface area contributed by atoms with Crippen LogP contribution in [0.15, 0.2) is 0 Å². The molecule has 3 N–H and O–H groups in total. The van der Waals surface area contributed by atoms with E-state index in [0.717, 1.165) is 0 Å². The molecule has 2 atom stereocenters. The molecule has 9 heavy (non-hydrogen) atoms. The summed E-state index contributed by atoms with van der Waals surface area (Å²) < 4.78 is 4.80. The molecule has 0 unspecified atom stereocenters. The second-order valence-corrected chi connectivity index (χ2v) is 2.16. The molecule has 0 aromatic heterocycles. The molecule has 0 amide bonds. The van der Waals surface area contributed by atoms with Gasteiger partial charge in [-0.1, -0.05) is 0 Å². The van der Waals surface area contributed by atoms with Crippen LogP contribution in [0.4, 0.5) is 0 Å². The first kappa shape index (κ1) is 6.51. The summed E-state index contributed by atoms with van der Waals surface area (Å²) in [5.74, 6) is -0.914. The fourth-order valence-electron chi connectivity index (χ4n) is 0.823. The first-order valence-electron chi connectivity index (χ1n) is 2.80. The van der Waals surface area contributed by atoms with Crippen molar-refractivity contribution in [1.29, 1.82) is 0 Å². The average Bonchev–Trinajstić information content (AvgIpc) is 2.14. The van der Waals surface area contributed by atoms with Gasteiger partial charge in [0.15, 0.2) is 6.10 Å². The van der Waals surface area contributed by atoms with Gasteiger partial charge in [-0.3, -0.25) is 0 Å². The van der Waals surface area contributed by atoms with Gasteiger partial charge >= 0.3 is 5.97 Å². The zero-order valence-corrected chi connectivity index (χ0v) is 4.91. The third kappa shape index (κ3) is 1.40. The summed E-state index contributed by atoms with van der Waals surface area (Å²) >= 11 is 0. The van der Waals surface area contributed by atoms with Crippen molar-refractivity contribution in [3.05, 3.63) is 0 Å². The largest absolute Gasteiger partial charge is 0.479 e. The second kappa shape index (κ2) is 2.33. The van der Waals surface area contributed by atoms with Gasteiger partial charge in [-0.05, 0) is 0 Å². The van der Waals surface area contributed by atoms with Gasteiger partial charge in [0, 0.05) is 12.5 Å². The molecule has 1 fully saturated rings. The Bertz CT molecular complexity index is 125. The van der Waals surface area contributed by atoms with Gasteiger partial charge in [-0.2, -0.15) is 0 Å². The van der Waals surface area contributed by atoms with Gasteiger partial charge in [-0.25, -0.2) is 4.79 Å². The van der Waals surface area contributed by atoms with E-state index in [1.54, 1.807) is 0 Å². The molecule has 1 rings (SSSR count). The van der Waals surface area contributed by atoms with Gasteiger partial charge in [0.2, 0.25) is 0 Å². The Hall–Kier alpha value is -0.610. The smallest absolute Gasteiger partial charge is 0.332 e. The zero-order valence-electron chi connectivity index (χ0n) is 4.91. The van der Waals surface area contributed by atoms with Crippen LogP contribution in [0.5, 0.6) is 0 Å². The van der Waals surface area contributed by atoms with E-state index in [0.29, 0.717) is 13.0 Å². The van der Waals surface area contributed by atoms with Crippen LogP contribution in [0.1, 0.15) is 6.42 Å². The molecule has 1 heterocycles. The Balaban J connectivity index is 2.39. The Morgan fingerprint density at radius 2 is 2.44 bits per heavy atom. The summed E-state index contributed by atoms with van der Waals surface area (Å²) in [6.45, 7) is 0.372. The van der Waals surface area contributed by atoms with Crippen molar-refractivity contribution in [2.45, 2.75) is 18.6 Å². The third-order valence-electron chi connectivity index (χ3n) is 1.30. The van der Waals surface area contributed by atoms with Crippen molar-refractivity contribution >= 4 is 5.97 Å². The number of ether oxygens (including phenoxy) is 1. The van der Waals surface area contributed by atoms with E-state index in [-0.39, 0.29) is 6.04 Å². The summed E-state index contributed by atoms with van der Waals surface area (Å²) in [6, 6.07) is -0.0916. The highest BCUT2D eigenvalue weighted by molar-refractivity contribution is 5.72. The maximum absolute atomic E-state index is 10.2. The number of carboxylic acids is 1. The fraction of sp³-hybridized carbons (Fsp3) is 0.800. The summed E-state index contributed by atoms with van der Waals surface area (Å²) in [6.07, 6.45) is -0.227. The van der Waals surface area contributed by atoms with Gasteiger partial charge in [0.05, 0.1) is 6.61 Å². The fourth-order valence-corrected chi connectivity index (χ4v) is 0.823. The minimum Gasteiger partial charge on any atom is -0.479 e. The SMILES string of the molecule is N[C@@H]1CO[C@@H](C(=O)O)C1. The van der Waals surface area contributed by atoms with E-state index >= 15 is 0 Å². The summed E-state index contributed by atoms with van der Waals surface area (Å²) in [4.78, 5) is 10.2. The number of nitrogens with two attached hydrogens (primary N) is 1. The minimum absolute atomic E-state index is 0.0916. The monoisotopic (exact) mass is 131 g/mol. The Labute approximate surface area is 52.6 Å². The first-order valence-corrected chi connectivity index (χ1v) is 2.80. The predicted molar refractivity (Wildman–Crippen MR) is 30.0 cm³/mol. The van der Waals surface area contributed by atoms with Crippen molar-refractivity contribution in [1.82, 2.24) is 0 Å². The highest BCUT2D eigenvalue weighted by Crippen LogP contribution is 2.10. The maximum Gasteiger partial charge on any atom is 0.332 e. The lowest BCUT2D eigenvalue weighted by Gasteiger charge is -1.98. The van der Waals surface area contributed by atoms with Crippen molar-refractivity contribution in [2.75, 3.05) is 6.61 Å². The quantitative estimate of drug-likeness (QED) is 0.488. The van der Waals surface area contributed by atoms with E-state index in [9.17, 15) is 4.79 Å². The van der Waals surface area contributed by atoms with Gasteiger partial charge in [0.1, 0.15) is 0 Å². The molecule has 1 saturated heterocycles. The van der Waals surface area contributed by atoms with E-state index in [2.05, 4.69) is 0 Å². The topological polar surface area (TPSA) is 72.5 Å². The van der Waals surface area contributed by atoms with Crippen molar-refractivity contribution in [3.8, 4) is 0 Å². The standard InChI is InChI=1S/C5H9NO3/c6-3-1-4(5(7)8)9-2-3/h3-4H,1-2,6H2,(H,7,8)/t3-,4+/m0/s1. The van der Waals surface area contributed by atoms with Crippen LogP contribution in [0, 0.1) is 0 Å². The van der Waals surface area contributed by atoms with Crippen LogP contribution in [0.25, 0.3) is 0 Å². The van der Waals surface area contributed by atoms with Crippen molar-refractivity contribution in [2.24, 2.45) is 5.73 Å². The van der Waals surface area contributed by atoms with E-state index in [1.807, 2.05) is 0 Å². The number of rotatable bonds is 1. The predicted octanol–water partition coefficient (Wildman–Crippen LogP) is -0.813. The molecule has 0 aliphatic carbocycles. The van der Waals surface area contributed by atoms with Crippen molar-refractivity contribution < 1.29 is 14.6 Å². The molecule has 0 radical (unpaired) electrons. The van der Waals surface area contributed by atoms with Gasteiger partial charge < -0.3 is 15.6 Å². The van der Waals surface area contributed by atoms with Crippen LogP contribution >= 0.6 is 0 Å². The molecule has 0 spiro atoms. The van der Waals surface area contributed by atoms with Crippen LogP contribution in [-0.2, 0) is 9.53 Å². The molecule has 1 aliphatic rings. The van der Waals surface area contributed by atoms with Crippen LogP contribution in [0.2, 0.25) is 0 Å². The summed E-state index contributed by atoms with van der Waals surface area (Å²) in [5.41, 5.74) is 5.37. The lowest BCUT2D eigenvalue weighted by Crippen LogP contribution is -2.22. The van der Waals surface area contributed by atoms with E-state index < -0.39 is 12.1 Å². The Kier molecular flexibility index (Phi) is 1.68. The molecular weight excluding hydrogens is 122 g/mol. The average molecular weight is 131 g/mol. The zero-order chi connectivity index (χ0) is 6.85. The van der Waals surface area contributed by atoms with Gasteiger partial charge in [0.25, 0.3) is 0 Å². The van der Waals surface area contributed by atoms with Crippen LogP contribution < -0.4 is 5.73 Å². The number of hydrogen-bond donors (Lipinski definition) is 2. The molecule has 4 nitrogen and oxygen atoms in total. The highest BCUT2D eigenvalue weighted by atomic mass is 16.5. The molecule has 0 bridgehead atoms. The molecule has 0 aromatic rings. The third-order valence-corrected chi connectivity index (χ3v) is 1.30. The van der Waals surface area contributed by atoms with Crippen LogP contribution in [0.3, 0.4) is 0 Å². The molecule has 4 heteroatoms.